The van der Waals surface area contributed by atoms with Crippen molar-refractivity contribution in [2.24, 2.45) is 7.05 Å². The molecule has 0 spiro atoms. The summed E-state index contributed by atoms with van der Waals surface area (Å²) in [5.41, 5.74) is 0.501. The molecular formula is C18H21F3N2O. The van der Waals surface area contributed by atoms with E-state index in [1.807, 2.05) is 36.9 Å². The molecule has 0 saturated heterocycles. The number of amides is 1. The molecule has 0 fully saturated rings. The molecule has 0 atom stereocenters. The van der Waals surface area contributed by atoms with Gasteiger partial charge in [-0.1, -0.05) is 13.3 Å². The van der Waals surface area contributed by atoms with Gasteiger partial charge in [-0.2, -0.15) is 13.2 Å². The first-order chi connectivity index (χ1) is 11.3. The summed E-state index contributed by atoms with van der Waals surface area (Å²) in [5.74, 6) is -0.252. The minimum Gasteiger partial charge on any atom is -0.353 e. The largest absolute Gasteiger partial charge is 0.416 e. The SMILES string of the molecule is CCCCN(Cc1cccn1C)C(=O)c1ccc(C(F)(F)F)cc1. The second-order valence-corrected chi connectivity index (χ2v) is 5.77. The van der Waals surface area contributed by atoms with Crippen LogP contribution in [0.4, 0.5) is 13.2 Å². The maximum Gasteiger partial charge on any atom is 0.416 e. The third-order valence-corrected chi connectivity index (χ3v) is 3.93. The maximum absolute atomic E-state index is 12.7. The van der Waals surface area contributed by atoms with Crippen LogP contribution in [0.1, 0.15) is 41.4 Å². The van der Waals surface area contributed by atoms with Gasteiger partial charge in [0, 0.05) is 31.0 Å². The lowest BCUT2D eigenvalue weighted by atomic mass is 10.1. The number of hydrogen-bond donors (Lipinski definition) is 0. The van der Waals surface area contributed by atoms with Gasteiger partial charge in [0.25, 0.3) is 5.91 Å². The van der Waals surface area contributed by atoms with Crippen molar-refractivity contribution in [2.45, 2.75) is 32.5 Å². The fraction of sp³-hybridized carbons (Fsp3) is 0.389. The van der Waals surface area contributed by atoms with E-state index in [1.165, 1.54) is 12.1 Å². The highest BCUT2D eigenvalue weighted by atomic mass is 19.4. The zero-order valence-corrected chi connectivity index (χ0v) is 13.8. The molecule has 0 aliphatic heterocycles. The van der Waals surface area contributed by atoms with Crippen LogP contribution in [0.5, 0.6) is 0 Å². The Bertz CT molecular complexity index is 674. The fourth-order valence-electron chi connectivity index (χ4n) is 2.44. The van der Waals surface area contributed by atoms with Gasteiger partial charge < -0.3 is 9.47 Å². The molecule has 2 aromatic rings. The highest BCUT2D eigenvalue weighted by molar-refractivity contribution is 5.94. The zero-order valence-electron chi connectivity index (χ0n) is 13.8. The number of hydrogen-bond acceptors (Lipinski definition) is 1. The summed E-state index contributed by atoms with van der Waals surface area (Å²) in [4.78, 5) is 14.4. The second-order valence-electron chi connectivity index (χ2n) is 5.77. The molecule has 2 rings (SSSR count). The van der Waals surface area contributed by atoms with Gasteiger partial charge in [0.05, 0.1) is 12.1 Å². The molecular weight excluding hydrogens is 317 g/mol. The first-order valence-corrected chi connectivity index (χ1v) is 7.89. The Morgan fingerprint density at radius 1 is 1.17 bits per heavy atom. The molecule has 0 aliphatic rings. The van der Waals surface area contributed by atoms with Crippen LogP contribution < -0.4 is 0 Å². The summed E-state index contributed by atoms with van der Waals surface area (Å²) in [6.45, 7) is 3.04. The van der Waals surface area contributed by atoms with Crippen molar-refractivity contribution in [1.29, 1.82) is 0 Å². The van der Waals surface area contributed by atoms with Crippen molar-refractivity contribution in [3.63, 3.8) is 0 Å². The zero-order chi connectivity index (χ0) is 17.7. The van der Waals surface area contributed by atoms with E-state index in [0.29, 0.717) is 13.1 Å². The van der Waals surface area contributed by atoms with Crippen LogP contribution >= 0.6 is 0 Å². The van der Waals surface area contributed by atoms with Crippen molar-refractivity contribution >= 4 is 5.91 Å². The standard InChI is InChI=1S/C18H21F3N2O/c1-3-4-12-23(13-16-6-5-11-22(16)2)17(24)14-7-9-15(10-8-14)18(19,20)21/h5-11H,3-4,12-13H2,1-2H3. The number of unbranched alkanes of at least 4 members (excludes halogenated alkanes) is 1. The maximum atomic E-state index is 12.7. The average molecular weight is 338 g/mol. The lowest BCUT2D eigenvalue weighted by Gasteiger charge is -2.23. The number of benzene rings is 1. The summed E-state index contributed by atoms with van der Waals surface area (Å²) in [6.07, 6.45) is -0.719. The number of aryl methyl sites for hydroxylation is 1. The van der Waals surface area contributed by atoms with Gasteiger partial charge in [0.2, 0.25) is 0 Å². The van der Waals surface area contributed by atoms with Crippen molar-refractivity contribution < 1.29 is 18.0 Å². The minimum atomic E-state index is -4.40. The Morgan fingerprint density at radius 3 is 2.33 bits per heavy atom. The van der Waals surface area contributed by atoms with Crippen LogP contribution in [0.3, 0.4) is 0 Å². The van der Waals surface area contributed by atoms with E-state index in [2.05, 4.69) is 0 Å². The molecule has 3 nitrogen and oxygen atoms in total. The number of carbonyl (C=O) groups is 1. The first-order valence-electron chi connectivity index (χ1n) is 7.89. The van der Waals surface area contributed by atoms with E-state index >= 15 is 0 Å². The Hall–Kier alpha value is -2.24. The molecule has 0 radical (unpaired) electrons. The van der Waals surface area contributed by atoms with Gasteiger partial charge in [-0.15, -0.1) is 0 Å². The molecule has 1 heterocycles. The molecule has 0 saturated carbocycles. The Kier molecular flexibility index (Phi) is 5.70. The molecule has 0 unspecified atom stereocenters. The third kappa shape index (κ3) is 4.40. The summed E-state index contributed by atoms with van der Waals surface area (Å²) < 4.78 is 39.9. The predicted octanol–water partition coefficient (Wildman–Crippen LogP) is 4.49. The van der Waals surface area contributed by atoms with E-state index in [0.717, 1.165) is 30.7 Å². The van der Waals surface area contributed by atoms with E-state index in [1.54, 1.807) is 4.90 Å². The smallest absolute Gasteiger partial charge is 0.353 e. The first kappa shape index (κ1) is 18.1. The number of alkyl halides is 3. The molecule has 0 aliphatic carbocycles. The quantitative estimate of drug-likeness (QED) is 0.762. The molecule has 6 heteroatoms. The van der Waals surface area contributed by atoms with Crippen molar-refractivity contribution in [3.8, 4) is 0 Å². The van der Waals surface area contributed by atoms with Crippen LogP contribution in [0.25, 0.3) is 0 Å². The molecule has 24 heavy (non-hydrogen) atoms. The number of nitrogens with zero attached hydrogens (tertiary/aromatic N) is 2. The number of rotatable bonds is 6. The summed E-state index contributed by atoms with van der Waals surface area (Å²) in [7, 11) is 1.90. The van der Waals surface area contributed by atoms with Gasteiger partial charge in [-0.3, -0.25) is 4.79 Å². The highest BCUT2D eigenvalue weighted by Gasteiger charge is 2.30. The van der Waals surface area contributed by atoms with E-state index < -0.39 is 11.7 Å². The summed E-state index contributed by atoms with van der Waals surface area (Å²) in [5, 5.41) is 0. The average Bonchev–Trinajstić information content (AvgIpc) is 2.95. The lowest BCUT2D eigenvalue weighted by Crippen LogP contribution is -2.32. The van der Waals surface area contributed by atoms with Crippen LogP contribution in [-0.2, 0) is 19.8 Å². The van der Waals surface area contributed by atoms with E-state index in [-0.39, 0.29) is 11.5 Å². The molecule has 0 bridgehead atoms. The molecule has 130 valence electrons. The van der Waals surface area contributed by atoms with Gasteiger partial charge in [-0.05, 0) is 42.8 Å². The minimum absolute atomic E-state index is 0.252. The fourth-order valence-corrected chi connectivity index (χ4v) is 2.44. The normalized spacial score (nSPS) is 11.5. The summed E-state index contributed by atoms with van der Waals surface area (Å²) in [6, 6.07) is 8.22. The molecule has 1 aromatic heterocycles. The lowest BCUT2D eigenvalue weighted by molar-refractivity contribution is -0.137. The van der Waals surface area contributed by atoms with Gasteiger partial charge >= 0.3 is 6.18 Å². The number of carbonyl (C=O) groups excluding carboxylic acids is 1. The van der Waals surface area contributed by atoms with Crippen molar-refractivity contribution in [1.82, 2.24) is 9.47 Å². The van der Waals surface area contributed by atoms with Gasteiger partial charge in [0.15, 0.2) is 0 Å². The third-order valence-electron chi connectivity index (χ3n) is 3.93. The predicted molar refractivity (Wildman–Crippen MR) is 86.5 cm³/mol. The molecule has 1 aromatic carbocycles. The Morgan fingerprint density at radius 2 is 1.83 bits per heavy atom. The molecule has 0 N–H and O–H groups in total. The number of halogens is 3. The summed E-state index contributed by atoms with van der Waals surface area (Å²) >= 11 is 0. The van der Waals surface area contributed by atoms with Crippen molar-refractivity contribution in [2.75, 3.05) is 6.54 Å². The van der Waals surface area contributed by atoms with Crippen LogP contribution in [-0.4, -0.2) is 21.9 Å². The van der Waals surface area contributed by atoms with Gasteiger partial charge in [0.1, 0.15) is 0 Å². The van der Waals surface area contributed by atoms with Gasteiger partial charge in [-0.25, -0.2) is 0 Å². The van der Waals surface area contributed by atoms with Crippen LogP contribution in [0, 0.1) is 0 Å². The Balaban J connectivity index is 2.19. The van der Waals surface area contributed by atoms with Crippen LogP contribution in [0.2, 0.25) is 0 Å². The monoisotopic (exact) mass is 338 g/mol. The van der Waals surface area contributed by atoms with Crippen molar-refractivity contribution in [3.05, 3.63) is 59.4 Å². The highest BCUT2D eigenvalue weighted by Crippen LogP contribution is 2.29. The van der Waals surface area contributed by atoms with E-state index in [4.69, 9.17) is 0 Å². The number of aromatic nitrogens is 1. The van der Waals surface area contributed by atoms with E-state index in [9.17, 15) is 18.0 Å². The molecule has 1 amide bonds. The second kappa shape index (κ2) is 7.55. The Labute approximate surface area is 139 Å². The van der Waals surface area contributed by atoms with Crippen LogP contribution in [0.15, 0.2) is 42.6 Å². The topological polar surface area (TPSA) is 25.2 Å².